The van der Waals surface area contributed by atoms with E-state index in [4.69, 9.17) is 19.9 Å². The molecule has 5 heteroatoms. The number of aromatic nitrogens is 1. The topological polar surface area (TPSA) is 66.6 Å². The van der Waals surface area contributed by atoms with Crippen LogP contribution in [-0.2, 0) is 6.54 Å². The van der Waals surface area contributed by atoms with Gasteiger partial charge in [0.25, 0.3) is 0 Å². The molecule has 2 aromatic rings. The lowest BCUT2D eigenvalue weighted by Crippen LogP contribution is -1.98. The minimum absolute atomic E-state index is 0.456. The van der Waals surface area contributed by atoms with Gasteiger partial charge in [-0.3, -0.25) is 0 Å². The largest absolute Gasteiger partial charge is 0.495 e. The van der Waals surface area contributed by atoms with Crippen molar-refractivity contribution in [3.63, 3.8) is 0 Å². The van der Waals surface area contributed by atoms with Crippen molar-refractivity contribution in [2.45, 2.75) is 6.54 Å². The van der Waals surface area contributed by atoms with E-state index in [1.165, 1.54) is 0 Å². The molecular weight excluding hydrogens is 244 g/mol. The smallest absolute Gasteiger partial charge is 0.219 e. The molecule has 0 atom stereocenters. The van der Waals surface area contributed by atoms with Crippen LogP contribution in [-0.4, -0.2) is 19.2 Å². The van der Waals surface area contributed by atoms with Gasteiger partial charge in [-0.15, -0.1) is 0 Å². The van der Waals surface area contributed by atoms with Gasteiger partial charge in [-0.25, -0.2) is 4.98 Å². The number of nitrogens with zero attached hydrogens (tertiary/aromatic N) is 1. The minimum atomic E-state index is 0.456. The first-order valence-corrected chi connectivity index (χ1v) is 5.81. The van der Waals surface area contributed by atoms with E-state index in [1.807, 2.05) is 18.2 Å². The van der Waals surface area contributed by atoms with Crippen molar-refractivity contribution in [2.24, 2.45) is 5.73 Å². The van der Waals surface area contributed by atoms with Crippen molar-refractivity contribution >= 4 is 0 Å². The third-order valence-electron chi connectivity index (χ3n) is 2.62. The maximum atomic E-state index is 5.67. The number of hydrogen-bond donors (Lipinski definition) is 1. The molecule has 0 aliphatic heterocycles. The number of methoxy groups -OCH3 is 2. The molecule has 0 aliphatic carbocycles. The van der Waals surface area contributed by atoms with Gasteiger partial charge in [0.05, 0.1) is 20.4 Å². The predicted molar refractivity (Wildman–Crippen MR) is 71.7 cm³/mol. The van der Waals surface area contributed by atoms with Crippen LogP contribution in [0.3, 0.4) is 0 Å². The van der Waals surface area contributed by atoms with Crippen LogP contribution < -0.4 is 19.9 Å². The van der Waals surface area contributed by atoms with Crippen LogP contribution in [0.1, 0.15) is 5.56 Å². The summed E-state index contributed by atoms with van der Waals surface area (Å²) in [6, 6.07) is 9.06. The summed E-state index contributed by atoms with van der Waals surface area (Å²) in [5.74, 6) is 2.37. The third-order valence-corrected chi connectivity index (χ3v) is 2.62. The zero-order valence-electron chi connectivity index (χ0n) is 10.9. The molecular formula is C14H16N2O3. The fraction of sp³-hybridized carbons (Fsp3) is 0.214. The molecule has 1 aromatic carbocycles. The molecule has 2 N–H and O–H groups in total. The molecule has 1 aromatic heterocycles. The Bertz CT molecular complexity index is 541. The predicted octanol–water partition coefficient (Wildman–Crippen LogP) is 2.35. The van der Waals surface area contributed by atoms with E-state index >= 15 is 0 Å². The summed E-state index contributed by atoms with van der Waals surface area (Å²) in [5, 5.41) is 0. The molecule has 0 bridgehead atoms. The van der Waals surface area contributed by atoms with E-state index in [0.717, 1.165) is 5.56 Å². The highest BCUT2D eigenvalue weighted by Gasteiger charge is 2.07. The highest BCUT2D eigenvalue weighted by atomic mass is 16.5. The lowest BCUT2D eigenvalue weighted by molar-refractivity contribution is 0.371. The van der Waals surface area contributed by atoms with Gasteiger partial charge in [-0.05, 0) is 23.8 Å². The van der Waals surface area contributed by atoms with Crippen LogP contribution in [0.2, 0.25) is 0 Å². The lowest BCUT2D eigenvalue weighted by Gasteiger charge is -2.11. The monoisotopic (exact) mass is 260 g/mol. The van der Waals surface area contributed by atoms with Gasteiger partial charge in [0, 0.05) is 12.6 Å². The normalized spacial score (nSPS) is 10.1. The van der Waals surface area contributed by atoms with Gasteiger partial charge in [0.1, 0.15) is 5.75 Å². The summed E-state index contributed by atoms with van der Waals surface area (Å²) in [6.07, 6.45) is 1.59. The van der Waals surface area contributed by atoms with Crippen molar-refractivity contribution < 1.29 is 14.2 Å². The second kappa shape index (κ2) is 6.06. The fourth-order valence-electron chi connectivity index (χ4n) is 1.58. The molecule has 0 fully saturated rings. The van der Waals surface area contributed by atoms with Crippen LogP contribution in [0, 0.1) is 0 Å². The van der Waals surface area contributed by atoms with E-state index in [1.54, 1.807) is 32.5 Å². The van der Waals surface area contributed by atoms with Gasteiger partial charge in [0.2, 0.25) is 5.88 Å². The molecule has 0 amide bonds. The van der Waals surface area contributed by atoms with Crippen LogP contribution in [0.5, 0.6) is 23.1 Å². The Kier molecular flexibility index (Phi) is 4.20. The van der Waals surface area contributed by atoms with Crippen LogP contribution in [0.4, 0.5) is 0 Å². The van der Waals surface area contributed by atoms with E-state index in [9.17, 15) is 0 Å². The van der Waals surface area contributed by atoms with Gasteiger partial charge < -0.3 is 19.9 Å². The first kappa shape index (κ1) is 13.2. The molecule has 100 valence electrons. The fourth-order valence-corrected chi connectivity index (χ4v) is 1.58. The Morgan fingerprint density at radius 2 is 1.89 bits per heavy atom. The van der Waals surface area contributed by atoms with Crippen molar-refractivity contribution in [3.8, 4) is 23.1 Å². The SMILES string of the molecule is COc1ccc(Oc2ccc(CN)cc2OC)nc1. The second-order valence-corrected chi connectivity index (χ2v) is 3.83. The summed E-state index contributed by atoms with van der Waals surface area (Å²) in [6.45, 7) is 0.456. The molecule has 1 heterocycles. The Hall–Kier alpha value is -2.27. The Morgan fingerprint density at radius 1 is 1.05 bits per heavy atom. The van der Waals surface area contributed by atoms with Crippen LogP contribution in [0.25, 0.3) is 0 Å². The third kappa shape index (κ3) is 3.14. The average Bonchev–Trinajstić information content (AvgIpc) is 2.48. The van der Waals surface area contributed by atoms with Gasteiger partial charge in [0.15, 0.2) is 11.5 Å². The molecule has 0 unspecified atom stereocenters. The molecule has 0 saturated heterocycles. The van der Waals surface area contributed by atoms with Gasteiger partial charge in [-0.2, -0.15) is 0 Å². The number of nitrogens with two attached hydrogens (primary N) is 1. The first-order valence-electron chi connectivity index (χ1n) is 5.81. The Morgan fingerprint density at radius 3 is 2.47 bits per heavy atom. The van der Waals surface area contributed by atoms with E-state index < -0.39 is 0 Å². The number of ether oxygens (including phenoxy) is 3. The summed E-state index contributed by atoms with van der Waals surface area (Å²) in [5.41, 5.74) is 6.56. The van der Waals surface area contributed by atoms with Gasteiger partial charge >= 0.3 is 0 Å². The Balaban J connectivity index is 2.21. The molecule has 5 nitrogen and oxygen atoms in total. The Labute approximate surface area is 111 Å². The summed E-state index contributed by atoms with van der Waals surface area (Å²) >= 11 is 0. The molecule has 0 spiro atoms. The second-order valence-electron chi connectivity index (χ2n) is 3.83. The van der Waals surface area contributed by atoms with Crippen molar-refractivity contribution in [1.82, 2.24) is 4.98 Å². The molecule has 0 radical (unpaired) electrons. The number of benzene rings is 1. The summed E-state index contributed by atoms with van der Waals surface area (Å²) in [7, 11) is 3.18. The summed E-state index contributed by atoms with van der Waals surface area (Å²) < 4.78 is 16.0. The lowest BCUT2D eigenvalue weighted by atomic mass is 10.2. The summed E-state index contributed by atoms with van der Waals surface area (Å²) in [4.78, 5) is 4.14. The minimum Gasteiger partial charge on any atom is -0.495 e. The molecule has 0 aliphatic rings. The maximum absolute atomic E-state index is 5.67. The van der Waals surface area contributed by atoms with Gasteiger partial charge in [-0.1, -0.05) is 6.07 Å². The van der Waals surface area contributed by atoms with E-state index in [-0.39, 0.29) is 0 Å². The maximum Gasteiger partial charge on any atom is 0.219 e. The molecule has 19 heavy (non-hydrogen) atoms. The number of hydrogen-bond acceptors (Lipinski definition) is 5. The molecule has 2 rings (SSSR count). The quantitative estimate of drug-likeness (QED) is 0.893. The highest BCUT2D eigenvalue weighted by Crippen LogP contribution is 2.31. The van der Waals surface area contributed by atoms with Crippen molar-refractivity contribution in [2.75, 3.05) is 14.2 Å². The number of rotatable bonds is 5. The van der Waals surface area contributed by atoms with Crippen LogP contribution >= 0.6 is 0 Å². The van der Waals surface area contributed by atoms with Crippen molar-refractivity contribution in [3.05, 3.63) is 42.1 Å². The molecule has 0 saturated carbocycles. The average molecular weight is 260 g/mol. The first-order chi connectivity index (χ1) is 9.26. The van der Waals surface area contributed by atoms with E-state index in [0.29, 0.717) is 29.7 Å². The van der Waals surface area contributed by atoms with E-state index in [2.05, 4.69) is 4.98 Å². The standard InChI is InChI=1S/C14H16N2O3/c1-17-11-4-6-14(16-9-11)19-12-5-3-10(8-15)7-13(12)18-2/h3-7,9H,8,15H2,1-2H3. The number of pyridine rings is 1. The van der Waals surface area contributed by atoms with Crippen molar-refractivity contribution in [1.29, 1.82) is 0 Å². The zero-order chi connectivity index (χ0) is 13.7. The highest BCUT2D eigenvalue weighted by molar-refractivity contribution is 5.44. The zero-order valence-corrected chi connectivity index (χ0v) is 10.9. The van der Waals surface area contributed by atoms with Crippen LogP contribution in [0.15, 0.2) is 36.5 Å².